The van der Waals surface area contributed by atoms with Crippen LogP contribution in [-0.2, 0) is 6.18 Å². The summed E-state index contributed by atoms with van der Waals surface area (Å²) in [6, 6.07) is 3.22. The van der Waals surface area contributed by atoms with Crippen molar-refractivity contribution >= 4 is 11.8 Å². The fourth-order valence-corrected chi connectivity index (χ4v) is 4.05. The van der Waals surface area contributed by atoms with Gasteiger partial charge in [0.15, 0.2) is 0 Å². The van der Waals surface area contributed by atoms with Crippen LogP contribution < -0.4 is 9.80 Å². The van der Waals surface area contributed by atoms with Crippen molar-refractivity contribution in [3.8, 4) is 0 Å². The van der Waals surface area contributed by atoms with Gasteiger partial charge in [0.2, 0.25) is 5.95 Å². The monoisotopic (exact) mass is 404 g/mol. The fourth-order valence-electron chi connectivity index (χ4n) is 4.05. The van der Waals surface area contributed by atoms with Crippen LogP contribution in [-0.4, -0.2) is 45.1 Å². The van der Waals surface area contributed by atoms with Crippen molar-refractivity contribution in [3.05, 3.63) is 35.5 Å². The largest absolute Gasteiger partial charge is 0.433 e. The van der Waals surface area contributed by atoms with Crippen molar-refractivity contribution in [2.24, 2.45) is 0 Å². The van der Waals surface area contributed by atoms with E-state index in [0.29, 0.717) is 12.5 Å². The standard InChI is InChI=1S/C20H23F3N6/c1-12-10-17(27-18(25-12)13-2-3-13)28-9-7-15(11-28)29(14-4-5-14)19-24-8-6-16(26-19)20(21,22)23/h6,8,10,13-15H,2-5,7,9,11H2,1H3. The molecular formula is C20H23F3N6. The maximum atomic E-state index is 13.1. The third-order valence-corrected chi connectivity index (χ3v) is 5.79. The Balaban J connectivity index is 1.38. The van der Waals surface area contributed by atoms with Crippen molar-refractivity contribution in [3.63, 3.8) is 0 Å². The normalized spacial score (nSPS) is 22.2. The topological polar surface area (TPSA) is 58.0 Å². The molecule has 3 heterocycles. The minimum atomic E-state index is -4.47. The van der Waals surface area contributed by atoms with Gasteiger partial charge in [0.05, 0.1) is 6.04 Å². The minimum Gasteiger partial charge on any atom is -0.354 e. The Labute approximate surface area is 167 Å². The van der Waals surface area contributed by atoms with Crippen LogP contribution in [0.5, 0.6) is 0 Å². The van der Waals surface area contributed by atoms with Crippen LogP contribution in [0.1, 0.15) is 55.2 Å². The van der Waals surface area contributed by atoms with Gasteiger partial charge in [-0.2, -0.15) is 13.2 Å². The average molecular weight is 404 g/mol. The second kappa shape index (κ2) is 6.81. The smallest absolute Gasteiger partial charge is 0.354 e. The molecule has 0 radical (unpaired) electrons. The van der Waals surface area contributed by atoms with E-state index < -0.39 is 11.9 Å². The summed E-state index contributed by atoms with van der Waals surface area (Å²) in [6.07, 6.45) is 1.82. The van der Waals surface area contributed by atoms with Gasteiger partial charge in [0.25, 0.3) is 0 Å². The third kappa shape index (κ3) is 3.86. The Hall–Kier alpha value is -2.45. The molecular weight excluding hydrogens is 381 g/mol. The number of alkyl halides is 3. The van der Waals surface area contributed by atoms with Gasteiger partial charge in [-0.15, -0.1) is 0 Å². The Morgan fingerprint density at radius 2 is 1.83 bits per heavy atom. The van der Waals surface area contributed by atoms with Crippen LogP contribution in [0.3, 0.4) is 0 Å². The molecule has 3 fully saturated rings. The zero-order valence-electron chi connectivity index (χ0n) is 16.2. The van der Waals surface area contributed by atoms with Crippen LogP contribution in [0, 0.1) is 6.92 Å². The molecule has 1 unspecified atom stereocenters. The van der Waals surface area contributed by atoms with Gasteiger partial charge in [-0.3, -0.25) is 0 Å². The van der Waals surface area contributed by atoms with Crippen molar-refractivity contribution in [2.75, 3.05) is 22.9 Å². The van der Waals surface area contributed by atoms with Crippen molar-refractivity contribution < 1.29 is 13.2 Å². The number of nitrogens with zero attached hydrogens (tertiary/aromatic N) is 6. The summed E-state index contributed by atoms with van der Waals surface area (Å²) in [6.45, 7) is 3.50. The van der Waals surface area contributed by atoms with E-state index in [1.165, 1.54) is 6.20 Å². The Bertz CT molecular complexity index is 909. The van der Waals surface area contributed by atoms with E-state index >= 15 is 0 Å². The molecule has 5 rings (SSSR count). The first-order chi connectivity index (χ1) is 13.9. The lowest BCUT2D eigenvalue weighted by Crippen LogP contribution is -2.41. The van der Waals surface area contributed by atoms with Gasteiger partial charge in [-0.05, 0) is 45.1 Å². The maximum Gasteiger partial charge on any atom is 0.433 e. The van der Waals surface area contributed by atoms with Gasteiger partial charge in [0, 0.05) is 43.0 Å². The van der Waals surface area contributed by atoms with Gasteiger partial charge in [-0.25, -0.2) is 19.9 Å². The van der Waals surface area contributed by atoms with Gasteiger partial charge >= 0.3 is 6.18 Å². The molecule has 2 aromatic rings. The number of aromatic nitrogens is 4. The number of hydrogen-bond acceptors (Lipinski definition) is 6. The number of hydrogen-bond donors (Lipinski definition) is 0. The molecule has 2 saturated carbocycles. The van der Waals surface area contributed by atoms with Crippen LogP contribution in [0.2, 0.25) is 0 Å². The highest BCUT2D eigenvalue weighted by Gasteiger charge is 2.41. The van der Waals surface area contributed by atoms with Crippen LogP contribution in [0.4, 0.5) is 24.9 Å². The highest BCUT2D eigenvalue weighted by Crippen LogP contribution is 2.40. The fraction of sp³-hybridized carbons (Fsp3) is 0.600. The van der Waals surface area contributed by atoms with Gasteiger partial charge in [-0.1, -0.05) is 0 Å². The Morgan fingerprint density at radius 1 is 1.03 bits per heavy atom. The van der Waals surface area contributed by atoms with Crippen LogP contribution in [0.15, 0.2) is 18.3 Å². The van der Waals surface area contributed by atoms with E-state index in [1.807, 2.05) is 17.9 Å². The molecule has 3 aliphatic rings. The Kier molecular flexibility index (Phi) is 4.36. The van der Waals surface area contributed by atoms with Crippen LogP contribution in [0.25, 0.3) is 0 Å². The highest BCUT2D eigenvalue weighted by molar-refractivity contribution is 5.45. The molecule has 6 nitrogen and oxygen atoms in total. The summed E-state index contributed by atoms with van der Waals surface area (Å²) in [5.41, 5.74) is 0.0733. The molecule has 2 aliphatic carbocycles. The number of rotatable bonds is 5. The molecule has 0 amide bonds. The Morgan fingerprint density at radius 3 is 2.52 bits per heavy atom. The quantitative estimate of drug-likeness (QED) is 0.757. The van der Waals surface area contributed by atoms with Crippen molar-refractivity contribution in [1.29, 1.82) is 0 Å². The third-order valence-electron chi connectivity index (χ3n) is 5.79. The van der Waals surface area contributed by atoms with E-state index in [-0.39, 0.29) is 18.0 Å². The summed E-state index contributed by atoms with van der Waals surface area (Å²) >= 11 is 0. The summed E-state index contributed by atoms with van der Waals surface area (Å²) in [4.78, 5) is 21.6. The summed E-state index contributed by atoms with van der Waals surface area (Å²) in [7, 11) is 0. The first-order valence-corrected chi connectivity index (χ1v) is 10.2. The SMILES string of the molecule is Cc1cc(N2CCC(N(c3nccc(C(F)(F)F)n3)C3CC3)C2)nc(C2CC2)n1. The summed E-state index contributed by atoms with van der Waals surface area (Å²) in [5.74, 6) is 2.51. The molecule has 154 valence electrons. The molecule has 1 aliphatic heterocycles. The molecule has 2 aromatic heterocycles. The molecule has 1 saturated heterocycles. The van der Waals surface area contributed by atoms with Crippen molar-refractivity contribution in [1.82, 2.24) is 19.9 Å². The first kappa shape index (κ1) is 18.6. The predicted molar refractivity (Wildman–Crippen MR) is 102 cm³/mol. The second-order valence-corrected chi connectivity index (χ2v) is 8.27. The zero-order chi connectivity index (χ0) is 20.2. The number of aryl methyl sites for hydroxylation is 1. The molecule has 0 bridgehead atoms. The zero-order valence-corrected chi connectivity index (χ0v) is 16.2. The van der Waals surface area contributed by atoms with Gasteiger partial charge < -0.3 is 9.80 Å². The van der Waals surface area contributed by atoms with E-state index in [9.17, 15) is 13.2 Å². The van der Waals surface area contributed by atoms with Crippen LogP contribution >= 0.6 is 0 Å². The molecule has 29 heavy (non-hydrogen) atoms. The number of anilines is 2. The van der Waals surface area contributed by atoms with Crippen molar-refractivity contribution in [2.45, 2.75) is 63.2 Å². The summed E-state index contributed by atoms with van der Waals surface area (Å²) in [5, 5.41) is 0. The average Bonchev–Trinajstić information content (AvgIpc) is 3.60. The van der Waals surface area contributed by atoms with E-state index in [0.717, 1.165) is 62.1 Å². The molecule has 0 N–H and O–H groups in total. The molecule has 0 aromatic carbocycles. The molecule has 9 heteroatoms. The van der Waals surface area contributed by atoms with E-state index in [4.69, 9.17) is 4.98 Å². The molecule has 1 atom stereocenters. The lowest BCUT2D eigenvalue weighted by atomic mass is 10.2. The first-order valence-electron chi connectivity index (χ1n) is 10.2. The lowest BCUT2D eigenvalue weighted by molar-refractivity contribution is -0.141. The van der Waals surface area contributed by atoms with E-state index in [1.54, 1.807) is 0 Å². The second-order valence-electron chi connectivity index (χ2n) is 8.27. The highest BCUT2D eigenvalue weighted by atomic mass is 19.4. The summed E-state index contributed by atoms with van der Waals surface area (Å²) < 4.78 is 39.4. The van der Waals surface area contributed by atoms with Gasteiger partial charge in [0.1, 0.15) is 17.3 Å². The predicted octanol–water partition coefficient (Wildman–Crippen LogP) is 3.72. The maximum absolute atomic E-state index is 13.1. The lowest BCUT2D eigenvalue weighted by Gasteiger charge is -2.29. The number of halogens is 3. The minimum absolute atomic E-state index is 0.0747. The molecule has 0 spiro atoms. The van der Waals surface area contributed by atoms with E-state index in [2.05, 4.69) is 19.9 Å².